The minimum Gasteiger partial charge on any atom is -0.336 e. The Kier molecular flexibility index (Phi) is 4.31. The lowest BCUT2D eigenvalue weighted by molar-refractivity contribution is 0.0614. The Morgan fingerprint density at radius 2 is 2.11 bits per heavy atom. The molecule has 1 atom stereocenters. The third-order valence-electron chi connectivity index (χ3n) is 5.23. The van der Waals surface area contributed by atoms with Gasteiger partial charge in [-0.1, -0.05) is 0 Å². The molecule has 4 rings (SSSR count). The summed E-state index contributed by atoms with van der Waals surface area (Å²) >= 11 is 0. The van der Waals surface area contributed by atoms with Crippen molar-refractivity contribution in [2.45, 2.75) is 19.9 Å². The molecule has 0 spiro atoms. The van der Waals surface area contributed by atoms with E-state index in [4.69, 9.17) is 0 Å². The van der Waals surface area contributed by atoms with Gasteiger partial charge in [-0.15, -0.1) is 0 Å². The van der Waals surface area contributed by atoms with E-state index in [-0.39, 0.29) is 11.9 Å². The standard InChI is InChI=1S/C18H24N8O/c1-11-16(12(2)25(4)23-11)13-9-14(22-21-13)18(27)26-8-5-19-10-15(26)17-20-6-7-24(17)3/h6-7,9,15,19H,5,8,10H2,1-4H3,(H,21,22). The molecule has 4 heterocycles. The zero-order valence-electron chi connectivity index (χ0n) is 16.0. The van der Waals surface area contributed by atoms with Crippen LogP contribution in [0, 0.1) is 13.8 Å². The normalized spacial score (nSPS) is 17.5. The number of imidazole rings is 1. The zero-order valence-corrected chi connectivity index (χ0v) is 16.0. The molecule has 1 aliphatic rings. The first-order chi connectivity index (χ1) is 13.0. The Hall–Kier alpha value is -2.94. The van der Waals surface area contributed by atoms with Gasteiger partial charge in [-0.25, -0.2) is 4.98 Å². The molecule has 3 aromatic rings. The second-order valence-electron chi connectivity index (χ2n) is 6.95. The predicted octanol–water partition coefficient (Wildman–Crippen LogP) is 0.947. The number of rotatable bonds is 3. The molecule has 0 saturated carbocycles. The Bertz CT molecular complexity index is 982. The van der Waals surface area contributed by atoms with Gasteiger partial charge in [0.15, 0.2) is 0 Å². The van der Waals surface area contributed by atoms with Crippen molar-refractivity contribution in [3.63, 3.8) is 0 Å². The van der Waals surface area contributed by atoms with Gasteiger partial charge in [-0.2, -0.15) is 10.2 Å². The van der Waals surface area contributed by atoms with Crippen LogP contribution in [0.15, 0.2) is 18.5 Å². The quantitative estimate of drug-likeness (QED) is 0.717. The summed E-state index contributed by atoms with van der Waals surface area (Å²) in [7, 11) is 3.85. The fourth-order valence-electron chi connectivity index (χ4n) is 3.73. The van der Waals surface area contributed by atoms with E-state index in [0.717, 1.165) is 35.0 Å². The number of carbonyl (C=O) groups is 1. The van der Waals surface area contributed by atoms with Crippen molar-refractivity contribution < 1.29 is 4.79 Å². The van der Waals surface area contributed by atoms with Crippen LogP contribution in [-0.4, -0.2) is 60.0 Å². The van der Waals surface area contributed by atoms with Crippen LogP contribution in [-0.2, 0) is 14.1 Å². The Morgan fingerprint density at radius 3 is 2.78 bits per heavy atom. The molecule has 0 radical (unpaired) electrons. The molecule has 1 aliphatic heterocycles. The molecule has 1 saturated heterocycles. The monoisotopic (exact) mass is 368 g/mol. The molecule has 0 aliphatic carbocycles. The first-order valence-electron chi connectivity index (χ1n) is 9.02. The van der Waals surface area contributed by atoms with E-state index < -0.39 is 0 Å². The topological polar surface area (TPSA) is 96.7 Å². The van der Waals surface area contributed by atoms with E-state index >= 15 is 0 Å². The van der Waals surface area contributed by atoms with E-state index in [9.17, 15) is 4.79 Å². The molecule has 142 valence electrons. The Labute approximate surface area is 157 Å². The maximum absolute atomic E-state index is 13.2. The molecule has 1 fully saturated rings. The van der Waals surface area contributed by atoms with Crippen LogP contribution in [0.25, 0.3) is 11.3 Å². The van der Waals surface area contributed by atoms with Gasteiger partial charge in [-0.05, 0) is 19.9 Å². The molecule has 3 aromatic heterocycles. The maximum Gasteiger partial charge on any atom is 0.272 e. The lowest BCUT2D eigenvalue weighted by atomic mass is 10.1. The third kappa shape index (κ3) is 2.93. The molecule has 9 heteroatoms. The molecule has 1 unspecified atom stereocenters. The Balaban J connectivity index is 1.64. The van der Waals surface area contributed by atoms with Gasteiger partial charge in [-0.3, -0.25) is 14.6 Å². The highest BCUT2D eigenvalue weighted by Gasteiger charge is 2.32. The van der Waals surface area contributed by atoms with Crippen molar-refractivity contribution in [2.75, 3.05) is 19.6 Å². The maximum atomic E-state index is 13.2. The van der Waals surface area contributed by atoms with Gasteiger partial charge in [0.25, 0.3) is 5.91 Å². The highest BCUT2D eigenvalue weighted by Crippen LogP contribution is 2.27. The first kappa shape index (κ1) is 17.5. The average molecular weight is 368 g/mol. The summed E-state index contributed by atoms with van der Waals surface area (Å²) in [5, 5.41) is 15.1. The number of carbonyl (C=O) groups excluding carboxylic acids is 1. The Morgan fingerprint density at radius 1 is 1.30 bits per heavy atom. The van der Waals surface area contributed by atoms with Gasteiger partial charge in [0.1, 0.15) is 17.6 Å². The van der Waals surface area contributed by atoms with Crippen LogP contribution in [0.2, 0.25) is 0 Å². The lowest BCUT2D eigenvalue weighted by Crippen LogP contribution is -2.49. The summed E-state index contributed by atoms with van der Waals surface area (Å²) in [4.78, 5) is 19.5. The number of aromatic amines is 1. The summed E-state index contributed by atoms with van der Waals surface area (Å²) in [6, 6.07) is 1.71. The minimum atomic E-state index is -0.111. The van der Waals surface area contributed by atoms with Crippen LogP contribution < -0.4 is 5.32 Å². The van der Waals surface area contributed by atoms with Crippen molar-refractivity contribution in [1.82, 2.24) is 39.7 Å². The van der Waals surface area contributed by atoms with Crippen molar-refractivity contribution >= 4 is 5.91 Å². The molecule has 27 heavy (non-hydrogen) atoms. The fourth-order valence-corrected chi connectivity index (χ4v) is 3.73. The van der Waals surface area contributed by atoms with Gasteiger partial charge < -0.3 is 14.8 Å². The van der Waals surface area contributed by atoms with E-state index in [1.807, 2.05) is 54.4 Å². The van der Waals surface area contributed by atoms with Gasteiger partial charge in [0.2, 0.25) is 0 Å². The SMILES string of the molecule is Cc1nn(C)c(C)c1-c1cc(C(=O)N2CCNCC2c2nccn2C)[nH]n1. The summed E-state index contributed by atoms with van der Waals surface area (Å²) in [6.45, 7) is 6.01. The summed E-state index contributed by atoms with van der Waals surface area (Å²) in [5.74, 6) is 0.802. The number of piperazine rings is 1. The van der Waals surface area contributed by atoms with Crippen LogP contribution in [0.3, 0.4) is 0 Å². The predicted molar refractivity (Wildman–Crippen MR) is 100 cm³/mol. The highest BCUT2D eigenvalue weighted by atomic mass is 16.2. The van der Waals surface area contributed by atoms with Crippen molar-refractivity contribution in [3.05, 3.63) is 41.4 Å². The van der Waals surface area contributed by atoms with Gasteiger partial charge >= 0.3 is 0 Å². The van der Waals surface area contributed by atoms with Crippen LogP contribution in [0.1, 0.15) is 33.7 Å². The second-order valence-corrected chi connectivity index (χ2v) is 6.95. The summed E-state index contributed by atoms with van der Waals surface area (Å²) in [6.07, 6.45) is 3.66. The molecule has 2 N–H and O–H groups in total. The van der Waals surface area contributed by atoms with Crippen LogP contribution in [0.5, 0.6) is 0 Å². The summed E-state index contributed by atoms with van der Waals surface area (Å²) in [5.41, 5.74) is 4.10. The van der Waals surface area contributed by atoms with E-state index in [2.05, 4.69) is 25.6 Å². The third-order valence-corrected chi connectivity index (χ3v) is 5.23. The van der Waals surface area contributed by atoms with E-state index in [1.54, 1.807) is 6.20 Å². The number of hydrogen-bond acceptors (Lipinski definition) is 5. The minimum absolute atomic E-state index is 0.0672. The van der Waals surface area contributed by atoms with E-state index in [1.165, 1.54) is 0 Å². The number of nitrogens with one attached hydrogen (secondary N) is 2. The van der Waals surface area contributed by atoms with Crippen molar-refractivity contribution in [2.24, 2.45) is 14.1 Å². The first-order valence-corrected chi connectivity index (χ1v) is 9.02. The molecule has 1 amide bonds. The fraction of sp³-hybridized carbons (Fsp3) is 0.444. The molecule has 0 bridgehead atoms. The number of aromatic nitrogens is 6. The smallest absolute Gasteiger partial charge is 0.272 e. The van der Waals surface area contributed by atoms with Crippen molar-refractivity contribution in [1.29, 1.82) is 0 Å². The van der Waals surface area contributed by atoms with Crippen LogP contribution in [0.4, 0.5) is 0 Å². The largest absolute Gasteiger partial charge is 0.336 e. The number of nitrogens with zero attached hydrogens (tertiary/aromatic N) is 6. The van der Waals surface area contributed by atoms with Gasteiger partial charge in [0, 0.05) is 57.4 Å². The van der Waals surface area contributed by atoms with Gasteiger partial charge in [0.05, 0.1) is 11.4 Å². The molecule has 0 aromatic carbocycles. The summed E-state index contributed by atoms with van der Waals surface area (Å²) < 4.78 is 3.78. The number of H-pyrrole nitrogens is 1. The van der Waals surface area contributed by atoms with Crippen molar-refractivity contribution in [3.8, 4) is 11.3 Å². The number of hydrogen-bond donors (Lipinski definition) is 2. The zero-order chi connectivity index (χ0) is 19.1. The average Bonchev–Trinajstić information content (AvgIpc) is 3.35. The lowest BCUT2D eigenvalue weighted by Gasteiger charge is -2.35. The molecular weight excluding hydrogens is 344 g/mol. The number of amides is 1. The highest BCUT2D eigenvalue weighted by molar-refractivity contribution is 5.94. The number of aryl methyl sites for hydroxylation is 3. The second kappa shape index (κ2) is 6.66. The molecule has 9 nitrogen and oxygen atoms in total. The van der Waals surface area contributed by atoms with E-state index in [0.29, 0.717) is 18.8 Å². The van der Waals surface area contributed by atoms with Crippen LogP contribution >= 0.6 is 0 Å². The molecular formula is C18H24N8O.